The summed E-state index contributed by atoms with van der Waals surface area (Å²) in [5, 5.41) is 3.75. The van der Waals surface area contributed by atoms with Crippen molar-refractivity contribution in [1.82, 2.24) is 5.32 Å². The Hall–Kier alpha value is 0.01000. The Bertz CT molecular complexity index is 370. The zero-order valence-corrected chi connectivity index (χ0v) is 12.8. The van der Waals surface area contributed by atoms with E-state index in [0.29, 0.717) is 6.04 Å². The maximum atomic E-state index is 3.75. The fourth-order valence-corrected chi connectivity index (χ4v) is 5.48. The van der Waals surface area contributed by atoms with Gasteiger partial charge in [0.25, 0.3) is 0 Å². The van der Waals surface area contributed by atoms with Gasteiger partial charge in [0.1, 0.15) is 0 Å². The van der Waals surface area contributed by atoms with Crippen molar-refractivity contribution in [2.75, 3.05) is 18.1 Å². The number of nitrogens with one attached hydrogen (secondary N) is 1. The molecule has 3 heteroatoms. The van der Waals surface area contributed by atoms with E-state index < -0.39 is 0 Å². The van der Waals surface area contributed by atoms with E-state index in [0.717, 1.165) is 5.92 Å². The Kier molecular flexibility index (Phi) is 4.32. The predicted octanol–water partition coefficient (Wildman–Crippen LogP) is 4.03. The highest BCUT2D eigenvalue weighted by Gasteiger charge is 2.19. The molecule has 0 saturated carbocycles. The molecule has 1 aromatic heterocycles. The fourth-order valence-electron chi connectivity index (χ4n) is 2.92. The number of thioether (sulfide) groups is 1. The zero-order valence-electron chi connectivity index (χ0n) is 11.2. The van der Waals surface area contributed by atoms with Crippen LogP contribution < -0.4 is 5.32 Å². The predicted molar refractivity (Wildman–Crippen MR) is 82.8 cm³/mol. The van der Waals surface area contributed by atoms with Crippen molar-refractivity contribution in [2.24, 2.45) is 5.92 Å². The van der Waals surface area contributed by atoms with Crippen molar-refractivity contribution in [3.8, 4) is 0 Å². The van der Waals surface area contributed by atoms with Gasteiger partial charge in [0.15, 0.2) is 0 Å². The van der Waals surface area contributed by atoms with E-state index >= 15 is 0 Å². The molecule has 0 spiro atoms. The minimum absolute atomic E-state index is 0.547. The third-order valence-electron chi connectivity index (χ3n) is 4.18. The number of hydrogen-bond donors (Lipinski definition) is 1. The van der Waals surface area contributed by atoms with Crippen molar-refractivity contribution in [2.45, 2.75) is 45.1 Å². The first-order valence-corrected chi connectivity index (χ1v) is 9.22. The molecule has 0 amide bonds. The summed E-state index contributed by atoms with van der Waals surface area (Å²) in [6, 6.07) is 3.02. The molecule has 1 aromatic rings. The highest BCUT2D eigenvalue weighted by molar-refractivity contribution is 7.99. The Morgan fingerprint density at radius 3 is 3.06 bits per heavy atom. The van der Waals surface area contributed by atoms with E-state index in [4.69, 9.17) is 0 Å². The monoisotopic (exact) mass is 281 g/mol. The summed E-state index contributed by atoms with van der Waals surface area (Å²) in [6.45, 7) is 3.54. The summed E-state index contributed by atoms with van der Waals surface area (Å²) in [5.41, 5.74) is 1.64. The lowest BCUT2D eigenvalue weighted by atomic mass is 9.99. The van der Waals surface area contributed by atoms with E-state index in [2.05, 4.69) is 41.4 Å². The van der Waals surface area contributed by atoms with E-state index in [1.54, 1.807) is 15.3 Å². The van der Waals surface area contributed by atoms with Crippen molar-refractivity contribution in [3.63, 3.8) is 0 Å². The van der Waals surface area contributed by atoms with Crippen LogP contribution in [0.2, 0.25) is 0 Å². The van der Waals surface area contributed by atoms with Crippen molar-refractivity contribution >= 4 is 23.1 Å². The van der Waals surface area contributed by atoms with Crippen molar-refractivity contribution in [1.29, 1.82) is 0 Å². The molecule has 0 bridgehead atoms. The molecule has 2 aliphatic rings. The summed E-state index contributed by atoms with van der Waals surface area (Å²) in [7, 11) is 0. The van der Waals surface area contributed by atoms with Gasteiger partial charge in [-0.2, -0.15) is 11.8 Å². The molecule has 2 heterocycles. The van der Waals surface area contributed by atoms with Gasteiger partial charge in [-0.05, 0) is 74.6 Å². The fraction of sp³-hybridized carbons (Fsp3) is 0.733. The number of thiophene rings is 1. The second-order valence-electron chi connectivity index (χ2n) is 5.66. The van der Waals surface area contributed by atoms with Crippen LogP contribution in [0, 0.1) is 5.92 Å². The molecule has 2 atom stereocenters. The molecule has 1 aliphatic heterocycles. The molecular formula is C15H23NS2. The molecule has 1 N–H and O–H groups in total. The lowest BCUT2D eigenvalue weighted by Gasteiger charge is -2.15. The minimum Gasteiger partial charge on any atom is -0.309 e. The smallest absolute Gasteiger partial charge is 0.0386 e. The second-order valence-corrected chi connectivity index (χ2v) is 7.98. The van der Waals surface area contributed by atoms with Crippen LogP contribution in [0.5, 0.6) is 0 Å². The van der Waals surface area contributed by atoms with Crippen LogP contribution in [0.3, 0.4) is 0 Å². The molecular weight excluding hydrogens is 258 g/mol. The maximum absolute atomic E-state index is 3.75. The van der Waals surface area contributed by atoms with Gasteiger partial charge < -0.3 is 5.32 Å². The van der Waals surface area contributed by atoms with E-state index in [1.165, 1.54) is 50.2 Å². The second kappa shape index (κ2) is 5.98. The first kappa shape index (κ1) is 13.0. The number of rotatable bonds is 4. The van der Waals surface area contributed by atoms with Crippen molar-refractivity contribution < 1.29 is 0 Å². The Labute approximate surface area is 119 Å². The van der Waals surface area contributed by atoms with Crippen LogP contribution in [0.15, 0.2) is 6.07 Å². The normalized spacial score (nSPS) is 25.1. The van der Waals surface area contributed by atoms with Gasteiger partial charge in [0.2, 0.25) is 0 Å². The topological polar surface area (TPSA) is 12.0 Å². The van der Waals surface area contributed by atoms with Crippen LogP contribution in [-0.4, -0.2) is 18.1 Å². The Morgan fingerprint density at radius 2 is 2.28 bits per heavy atom. The molecule has 3 rings (SSSR count). The first-order valence-electron chi connectivity index (χ1n) is 7.25. The van der Waals surface area contributed by atoms with Gasteiger partial charge in [-0.3, -0.25) is 0 Å². The highest BCUT2D eigenvalue weighted by atomic mass is 32.2. The lowest BCUT2D eigenvalue weighted by molar-refractivity contribution is 0.481. The van der Waals surface area contributed by atoms with Gasteiger partial charge in [-0.1, -0.05) is 0 Å². The number of fused-ring (bicyclic) bond motifs is 1. The quantitative estimate of drug-likeness (QED) is 0.894. The van der Waals surface area contributed by atoms with Crippen LogP contribution >= 0.6 is 23.1 Å². The lowest BCUT2D eigenvalue weighted by Crippen LogP contribution is -2.25. The van der Waals surface area contributed by atoms with Gasteiger partial charge in [0, 0.05) is 15.8 Å². The van der Waals surface area contributed by atoms with E-state index in [9.17, 15) is 0 Å². The Morgan fingerprint density at radius 1 is 1.39 bits per heavy atom. The molecule has 0 radical (unpaired) electrons. The first-order chi connectivity index (χ1) is 8.83. The average Bonchev–Trinajstić information content (AvgIpc) is 3.04. The highest BCUT2D eigenvalue weighted by Crippen LogP contribution is 2.33. The summed E-state index contributed by atoms with van der Waals surface area (Å²) in [6.07, 6.45) is 6.84. The number of aryl methyl sites for hydroxylation is 2. The minimum atomic E-state index is 0.547. The van der Waals surface area contributed by atoms with Gasteiger partial charge in [-0.15, -0.1) is 11.3 Å². The SMILES string of the molecule is CC(NCC1CCSC1)c1cc2c(s1)CCCC2. The summed E-state index contributed by atoms with van der Waals surface area (Å²) in [5.74, 6) is 3.64. The molecule has 0 aromatic carbocycles. The molecule has 1 aliphatic carbocycles. The largest absolute Gasteiger partial charge is 0.309 e. The van der Waals surface area contributed by atoms with Crippen LogP contribution in [0.25, 0.3) is 0 Å². The average molecular weight is 281 g/mol. The molecule has 1 fully saturated rings. The van der Waals surface area contributed by atoms with E-state index in [1.807, 2.05) is 0 Å². The molecule has 2 unspecified atom stereocenters. The van der Waals surface area contributed by atoms with Crippen molar-refractivity contribution in [3.05, 3.63) is 21.4 Å². The summed E-state index contributed by atoms with van der Waals surface area (Å²) < 4.78 is 0. The molecule has 18 heavy (non-hydrogen) atoms. The zero-order chi connectivity index (χ0) is 12.4. The molecule has 1 nitrogen and oxygen atoms in total. The Balaban J connectivity index is 1.57. The summed E-state index contributed by atoms with van der Waals surface area (Å²) >= 11 is 4.17. The summed E-state index contributed by atoms with van der Waals surface area (Å²) in [4.78, 5) is 3.23. The van der Waals surface area contributed by atoms with Gasteiger partial charge in [0.05, 0.1) is 0 Å². The molecule has 1 saturated heterocycles. The van der Waals surface area contributed by atoms with Crippen LogP contribution in [0.4, 0.5) is 0 Å². The van der Waals surface area contributed by atoms with Crippen LogP contribution in [-0.2, 0) is 12.8 Å². The van der Waals surface area contributed by atoms with Gasteiger partial charge >= 0.3 is 0 Å². The third kappa shape index (κ3) is 2.94. The number of hydrogen-bond acceptors (Lipinski definition) is 3. The standard InChI is InChI=1S/C15H23NS2/c1-11(16-9-12-6-7-17-10-12)15-8-13-4-2-3-5-14(13)18-15/h8,11-12,16H,2-7,9-10H2,1H3. The molecule has 100 valence electrons. The van der Waals surface area contributed by atoms with Gasteiger partial charge in [-0.25, -0.2) is 0 Å². The van der Waals surface area contributed by atoms with Crippen LogP contribution in [0.1, 0.15) is 47.5 Å². The maximum Gasteiger partial charge on any atom is 0.0386 e. The third-order valence-corrected chi connectivity index (χ3v) is 6.83. The van der Waals surface area contributed by atoms with E-state index in [-0.39, 0.29) is 0 Å².